The van der Waals surface area contributed by atoms with Gasteiger partial charge in [-0.15, -0.1) is 0 Å². The number of benzene rings is 1. The van der Waals surface area contributed by atoms with E-state index in [-0.39, 0.29) is 11.4 Å². The van der Waals surface area contributed by atoms with Gasteiger partial charge in [-0.05, 0) is 12.5 Å². The molecule has 0 atom stereocenters. The molecule has 7 heteroatoms. The average Bonchev–Trinajstić information content (AvgIpc) is 2.74. The molecule has 0 bridgehead atoms. The highest BCUT2D eigenvalue weighted by molar-refractivity contribution is 5.60. The predicted molar refractivity (Wildman–Crippen MR) is 79.3 cm³/mol. The van der Waals surface area contributed by atoms with Crippen LogP contribution in [0, 0.1) is 10.1 Å². The molecule has 7 nitrogen and oxygen atoms in total. The molecule has 2 rings (SSSR count). The molecule has 2 N–H and O–H groups in total. The maximum Gasteiger partial charge on any atom is 0.334 e. The molecule has 112 valence electrons. The van der Waals surface area contributed by atoms with Gasteiger partial charge in [-0.2, -0.15) is 5.10 Å². The first-order valence-corrected chi connectivity index (χ1v) is 6.75. The van der Waals surface area contributed by atoms with Crippen LogP contribution < -0.4 is 5.32 Å². The number of aromatic hydroxyl groups is 1. The standard InChI is InChI=1S/C14H18N4O3/c1-3-6-11-13(18(20)21)14(17(2)16-11)15-9-10-7-4-5-8-12(10)19/h4-5,7-8,15,19H,3,6,9H2,1-2H3. The quantitative estimate of drug-likeness (QED) is 0.630. The second kappa shape index (κ2) is 6.25. The van der Waals surface area contributed by atoms with Crippen molar-refractivity contribution < 1.29 is 10.0 Å². The molecule has 0 saturated heterocycles. The monoisotopic (exact) mass is 290 g/mol. The molecule has 0 unspecified atom stereocenters. The fourth-order valence-electron chi connectivity index (χ4n) is 2.20. The molecular formula is C14H18N4O3. The molecule has 0 aliphatic rings. The normalized spacial score (nSPS) is 10.6. The molecule has 1 aromatic carbocycles. The summed E-state index contributed by atoms with van der Waals surface area (Å²) in [5, 5.41) is 28.2. The van der Waals surface area contributed by atoms with Gasteiger partial charge in [-0.1, -0.05) is 31.5 Å². The van der Waals surface area contributed by atoms with Crippen molar-refractivity contribution in [3.05, 3.63) is 45.6 Å². The maximum absolute atomic E-state index is 11.3. The minimum absolute atomic E-state index is 0.00905. The number of phenols is 1. The van der Waals surface area contributed by atoms with Gasteiger partial charge < -0.3 is 10.4 Å². The van der Waals surface area contributed by atoms with E-state index >= 15 is 0 Å². The molecule has 21 heavy (non-hydrogen) atoms. The lowest BCUT2D eigenvalue weighted by atomic mass is 10.2. The highest BCUT2D eigenvalue weighted by Crippen LogP contribution is 2.30. The SMILES string of the molecule is CCCc1nn(C)c(NCc2ccccc2O)c1[N+](=O)[O-]. The van der Waals surface area contributed by atoms with E-state index in [0.717, 1.165) is 6.42 Å². The Hall–Kier alpha value is -2.57. The van der Waals surface area contributed by atoms with E-state index in [1.807, 2.05) is 6.92 Å². The first-order valence-electron chi connectivity index (χ1n) is 6.75. The van der Waals surface area contributed by atoms with Gasteiger partial charge in [0.15, 0.2) is 0 Å². The van der Waals surface area contributed by atoms with Crippen LogP contribution in [-0.2, 0) is 20.0 Å². The zero-order chi connectivity index (χ0) is 15.4. The molecule has 1 heterocycles. The molecule has 0 fully saturated rings. The van der Waals surface area contributed by atoms with Crippen LogP contribution in [-0.4, -0.2) is 19.8 Å². The summed E-state index contributed by atoms with van der Waals surface area (Å²) >= 11 is 0. The van der Waals surface area contributed by atoms with E-state index in [1.165, 1.54) is 4.68 Å². The Labute approximate surface area is 122 Å². The summed E-state index contributed by atoms with van der Waals surface area (Å²) in [6.45, 7) is 2.24. The lowest BCUT2D eigenvalue weighted by Crippen LogP contribution is -2.06. The molecule has 0 radical (unpaired) electrons. The van der Waals surface area contributed by atoms with E-state index < -0.39 is 4.92 Å². The zero-order valence-corrected chi connectivity index (χ0v) is 12.0. The summed E-state index contributed by atoms with van der Waals surface area (Å²) in [6, 6.07) is 6.87. The summed E-state index contributed by atoms with van der Waals surface area (Å²) in [4.78, 5) is 10.9. The van der Waals surface area contributed by atoms with Crippen molar-refractivity contribution in [2.45, 2.75) is 26.3 Å². The molecule has 0 aliphatic heterocycles. The summed E-state index contributed by atoms with van der Waals surface area (Å²) in [5.41, 5.74) is 1.16. The van der Waals surface area contributed by atoms with Crippen molar-refractivity contribution >= 4 is 11.5 Å². The zero-order valence-electron chi connectivity index (χ0n) is 12.0. The number of nitrogens with one attached hydrogen (secondary N) is 1. The molecule has 2 aromatic rings. The number of para-hydroxylation sites is 1. The number of nitro groups is 1. The Balaban J connectivity index is 2.27. The van der Waals surface area contributed by atoms with Crippen molar-refractivity contribution in [1.82, 2.24) is 9.78 Å². The lowest BCUT2D eigenvalue weighted by Gasteiger charge is -2.07. The number of phenolic OH excluding ortho intramolecular Hbond substituents is 1. The second-order valence-electron chi connectivity index (χ2n) is 4.76. The van der Waals surface area contributed by atoms with Crippen LogP contribution in [0.4, 0.5) is 11.5 Å². The number of anilines is 1. The van der Waals surface area contributed by atoms with Crippen molar-refractivity contribution in [2.75, 3.05) is 5.32 Å². The number of hydrogen-bond acceptors (Lipinski definition) is 5. The molecule has 0 spiro atoms. The maximum atomic E-state index is 11.3. The second-order valence-corrected chi connectivity index (χ2v) is 4.76. The molecule has 0 amide bonds. The van der Waals surface area contributed by atoms with Gasteiger partial charge in [0.1, 0.15) is 11.4 Å². The Morgan fingerprint density at radius 3 is 2.76 bits per heavy atom. The van der Waals surface area contributed by atoms with Crippen LogP contribution in [0.5, 0.6) is 5.75 Å². The Morgan fingerprint density at radius 2 is 2.14 bits per heavy atom. The van der Waals surface area contributed by atoms with Gasteiger partial charge in [0, 0.05) is 19.2 Å². The predicted octanol–water partition coefficient (Wildman–Crippen LogP) is 2.60. The van der Waals surface area contributed by atoms with Gasteiger partial charge >= 0.3 is 5.69 Å². The topological polar surface area (TPSA) is 93.2 Å². The van der Waals surface area contributed by atoms with Gasteiger partial charge in [0.25, 0.3) is 0 Å². The van der Waals surface area contributed by atoms with E-state index in [1.54, 1.807) is 31.3 Å². The van der Waals surface area contributed by atoms with Crippen LogP contribution in [0.3, 0.4) is 0 Å². The van der Waals surface area contributed by atoms with Gasteiger partial charge in [0.05, 0.1) is 4.92 Å². The fraction of sp³-hybridized carbons (Fsp3) is 0.357. The highest BCUT2D eigenvalue weighted by Gasteiger charge is 2.25. The number of hydrogen-bond donors (Lipinski definition) is 2. The smallest absolute Gasteiger partial charge is 0.334 e. The van der Waals surface area contributed by atoms with E-state index in [4.69, 9.17) is 0 Å². The van der Waals surface area contributed by atoms with Crippen molar-refractivity contribution in [3.63, 3.8) is 0 Å². The van der Waals surface area contributed by atoms with Crippen molar-refractivity contribution in [3.8, 4) is 5.75 Å². The molecular weight excluding hydrogens is 272 g/mol. The Kier molecular flexibility index (Phi) is 4.42. The van der Waals surface area contributed by atoms with Crippen LogP contribution in [0.25, 0.3) is 0 Å². The van der Waals surface area contributed by atoms with Crippen molar-refractivity contribution in [1.29, 1.82) is 0 Å². The summed E-state index contributed by atoms with van der Waals surface area (Å²) in [7, 11) is 1.67. The first-order chi connectivity index (χ1) is 10.0. The van der Waals surface area contributed by atoms with E-state index in [9.17, 15) is 15.2 Å². The molecule has 1 aromatic heterocycles. The third kappa shape index (κ3) is 3.13. The van der Waals surface area contributed by atoms with Gasteiger partial charge in [-0.25, -0.2) is 4.68 Å². The third-order valence-electron chi connectivity index (χ3n) is 3.20. The minimum atomic E-state index is -0.412. The lowest BCUT2D eigenvalue weighted by molar-refractivity contribution is -0.384. The molecule has 0 saturated carbocycles. The van der Waals surface area contributed by atoms with Crippen LogP contribution >= 0.6 is 0 Å². The van der Waals surface area contributed by atoms with Crippen LogP contribution in [0.1, 0.15) is 24.6 Å². The van der Waals surface area contributed by atoms with Crippen LogP contribution in [0.15, 0.2) is 24.3 Å². The summed E-state index contributed by atoms with van der Waals surface area (Å²) in [6.07, 6.45) is 1.35. The third-order valence-corrected chi connectivity index (χ3v) is 3.20. The van der Waals surface area contributed by atoms with Crippen molar-refractivity contribution in [2.24, 2.45) is 7.05 Å². The minimum Gasteiger partial charge on any atom is -0.508 e. The Morgan fingerprint density at radius 1 is 1.43 bits per heavy atom. The fourth-order valence-corrected chi connectivity index (χ4v) is 2.20. The number of aryl methyl sites for hydroxylation is 2. The van der Waals surface area contributed by atoms with E-state index in [2.05, 4.69) is 10.4 Å². The van der Waals surface area contributed by atoms with Crippen LogP contribution in [0.2, 0.25) is 0 Å². The number of rotatable bonds is 6. The van der Waals surface area contributed by atoms with Gasteiger partial charge in [0.2, 0.25) is 5.82 Å². The number of nitrogens with zero attached hydrogens (tertiary/aromatic N) is 3. The number of aromatic nitrogens is 2. The molecule has 0 aliphatic carbocycles. The summed E-state index contributed by atoms with van der Waals surface area (Å²) in [5.74, 6) is 0.510. The summed E-state index contributed by atoms with van der Waals surface area (Å²) < 4.78 is 1.48. The largest absolute Gasteiger partial charge is 0.508 e. The average molecular weight is 290 g/mol. The highest BCUT2D eigenvalue weighted by atomic mass is 16.6. The van der Waals surface area contributed by atoms with E-state index in [0.29, 0.717) is 30.0 Å². The Bertz CT molecular complexity index is 652. The van der Waals surface area contributed by atoms with Gasteiger partial charge in [-0.3, -0.25) is 10.1 Å². The first kappa shape index (κ1) is 14.8.